The maximum Gasteiger partial charge on any atom is 0.343 e. The molecular weight excluding hydrogens is 512 g/mol. The topological polar surface area (TPSA) is 61.8 Å². The van der Waals surface area contributed by atoms with Gasteiger partial charge in [-0.25, -0.2) is 9.59 Å². The first-order valence-electron chi connectivity index (χ1n) is 16.3. The second-order valence-corrected chi connectivity index (χ2v) is 11.3. The second-order valence-electron chi connectivity index (χ2n) is 11.3. The van der Waals surface area contributed by atoms with Crippen molar-refractivity contribution in [3.05, 3.63) is 59.7 Å². The SMILES string of the molecule is CCCCCCCCCCCCCCCCCOc1ccc(C(=O)Oc2ccc(C(=O)OCC(C)CC)cc2)cc1. The van der Waals surface area contributed by atoms with E-state index in [1.807, 2.05) is 6.92 Å². The molecule has 5 nitrogen and oxygen atoms in total. The lowest BCUT2D eigenvalue weighted by Crippen LogP contribution is -2.12. The van der Waals surface area contributed by atoms with Crippen LogP contribution in [0.15, 0.2) is 48.5 Å². The van der Waals surface area contributed by atoms with Crippen molar-refractivity contribution < 1.29 is 23.8 Å². The van der Waals surface area contributed by atoms with Crippen molar-refractivity contribution in [2.75, 3.05) is 13.2 Å². The van der Waals surface area contributed by atoms with Gasteiger partial charge in [-0.3, -0.25) is 0 Å². The molecule has 0 saturated heterocycles. The Hall–Kier alpha value is -2.82. The van der Waals surface area contributed by atoms with Crippen molar-refractivity contribution in [3.63, 3.8) is 0 Å². The van der Waals surface area contributed by atoms with Crippen LogP contribution < -0.4 is 9.47 Å². The minimum absolute atomic E-state index is 0.324. The molecule has 0 heterocycles. The maximum atomic E-state index is 12.5. The number of carbonyl (C=O) groups excluding carboxylic acids is 2. The highest BCUT2D eigenvalue weighted by molar-refractivity contribution is 5.92. The molecule has 5 heteroatoms. The molecule has 1 atom stereocenters. The predicted octanol–water partition coefficient (Wildman–Crippen LogP) is 10.4. The van der Waals surface area contributed by atoms with Gasteiger partial charge in [0.1, 0.15) is 11.5 Å². The molecule has 0 aromatic heterocycles. The van der Waals surface area contributed by atoms with Crippen LogP contribution in [0, 0.1) is 5.92 Å². The van der Waals surface area contributed by atoms with Gasteiger partial charge in [-0.15, -0.1) is 0 Å². The van der Waals surface area contributed by atoms with Crippen molar-refractivity contribution in [1.82, 2.24) is 0 Å². The fraction of sp³-hybridized carbons (Fsp3) is 0.611. The molecule has 0 amide bonds. The number of unbranched alkanes of at least 4 members (excludes halogenated alkanes) is 14. The number of benzene rings is 2. The highest BCUT2D eigenvalue weighted by Crippen LogP contribution is 2.18. The zero-order valence-corrected chi connectivity index (χ0v) is 26.0. The lowest BCUT2D eigenvalue weighted by Gasteiger charge is -2.10. The average molecular weight is 567 g/mol. The lowest BCUT2D eigenvalue weighted by molar-refractivity contribution is 0.0447. The van der Waals surface area contributed by atoms with E-state index in [-0.39, 0.29) is 5.97 Å². The zero-order valence-electron chi connectivity index (χ0n) is 26.0. The van der Waals surface area contributed by atoms with E-state index in [9.17, 15) is 9.59 Å². The summed E-state index contributed by atoms with van der Waals surface area (Å²) in [5, 5.41) is 0. The first kappa shape index (κ1) is 34.4. The van der Waals surface area contributed by atoms with Crippen molar-refractivity contribution in [3.8, 4) is 11.5 Å². The van der Waals surface area contributed by atoms with Crippen LogP contribution >= 0.6 is 0 Å². The van der Waals surface area contributed by atoms with E-state index >= 15 is 0 Å². The van der Waals surface area contributed by atoms with Crippen molar-refractivity contribution in [2.45, 2.75) is 124 Å². The molecule has 0 aliphatic rings. The van der Waals surface area contributed by atoms with E-state index in [0.29, 0.717) is 36.0 Å². The highest BCUT2D eigenvalue weighted by Gasteiger charge is 2.12. The molecule has 0 aliphatic heterocycles. The molecule has 2 aromatic rings. The Kier molecular flexibility index (Phi) is 18.3. The van der Waals surface area contributed by atoms with Crippen LogP contribution in [0.25, 0.3) is 0 Å². The van der Waals surface area contributed by atoms with E-state index < -0.39 is 5.97 Å². The van der Waals surface area contributed by atoms with E-state index in [0.717, 1.165) is 18.6 Å². The summed E-state index contributed by atoms with van der Waals surface area (Å²) in [6, 6.07) is 13.5. The Morgan fingerprint density at radius 2 is 1.02 bits per heavy atom. The van der Waals surface area contributed by atoms with Gasteiger partial charge in [-0.1, -0.05) is 117 Å². The Labute approximate surface area is 249 Å². The summed E-state index contributed by atoms with van der Waals surface area (Å²) in [6.07, 6.45) is 21.1. The summed E-state index contributed by atoms with van der Waals surface area (Å²) in [5.74, 6) is 0.633. The molecule has 1 unspecified atom stereocenters. The van der Waals surface area contributed by atoms with E-state index in [1.54, 1.807) is 48.5 Å². The average Bonchev–Trinajstić information content (AvgIpc) is 3.00. The number of esters is 2. The van der Waals surface area contributed by atoms with Crippen LogP contribution in [-0.4, -0.2) is 25.2 Å². The van der Waals surface area contributed by atoms with Crippen LogP contribution in [0.4, 0.5) is 0 Å². The first-order valence-corrected chi connectivity index (χ1v) is 16.3. The molecule has 2 rings (SSSR count). The summed E-state index contributed by atoms with van der Waals surface area (Å²) in [7, 11) is 0. The Morgan fingerprint density at radius 3 is 1.51 bits per heavy atom. The molecule has 0 spiro atoms. The summed E-state index contributed by atoms with van der Waals surface area (Å²) in [5.41, 5.74) is 0.880. The smallest absolute Gasteiger partial charge is 0.343 e. The number of rotatable bonds is 23. The zero-order chi connectivity index (χ0) is 29.5. The van der Waals surface area contributed by atoms with Crippen LogP contribution in [0.1, 0.15) is 144 Å². The highest BCUT2D eigenvalue weighted by atomic mass is 16.5. The van der Waals surface area contributed by atoms with Crippen molar-refractivity contribution in [2.24, 2.45) is 5.92 Å². The lowest BCUT2D eigenvalue weighted by atomic mass is 10.0. The van der Waals surface area contributed by atoms with E-state index in [4.69, 9.17) is 14.2 Å². The van der Waals surface area contributed by atoms with Gasteiger partial charge in [0, 0.05) is 0 Å². The number of hydrogen-bond acceptors (Lipinski definition) is 5. The monoisotopic (exact) mass is 566 g/mol. The third-order valence-electron chi connectivity index (χ3n) is 7.60. The molecule has 0 bridgehead atoms. The third-order valence-corrected chi connectivity index (χ3v) is 7.60. The van der Waals surface area contributed by atoms with Gasteiger partial charge in [-0.2, -0.15) is 0 Å². The Morgan fingerprint density at radius 1 is 0.585 bits per heavy atom. The molecule has 0 radical (unpaired) electrons. The molecule has 2 aromatic carbocycles. The standard InChI is InChI=1S/C36H54O5/c1-4-6-7-8-9-10-11-12-13-14-15-16-17-18-19-28-39-33-24-20-32(21-25-33)36(38)41-34-26-22-31(23-27-34)35(37)40-29-30(3)5-2/h20-27,30H,4-19,28-29H2,1-3H3. The predicted molar refractivity (Wildman–Crippen MR) is 168 cm³/mol. The Balaban J connectivity index is 1.52. The molecule has 0 fully saturated rings. The fourth-order valence-corrected chi connectivity index (χ4v) is 4.59. The summed E-state index contributed by atoms with van der Waals surface area (Å²) in [4.78, 5) is 24.7. The summed E-state index contributed by atoms with van der Waals surface area (Å²) < 4.78 is 16.6. The van der Waals surface area contributed by atoms with Crippen LogP contribution in [-0.2, 0) is 4.74 Å². The quantitative estimate of drug-likeness (QED) is 0.0760. The summed E-state index contributed by atoms with van der Waals surface area (Å²) >= 11 is 0. The van der Waals surface area contributed by atoms with Gasteiger partial charge in [-0.05, 0) is 60.9 Å². The second kappa shape index (κ2) is 21.9. The van der Waals surface area contributed by atoms with Crippen LogP contribution in [0.5, 0.6) is 11.5 Å². The maximum absolute atomic E-state index is 12.5. The van der Waals surface area contributed by atoms with Gasteiger partial charge in [0.15, 0.2) is 0 Å². The number of hydrogen-bond donors (Lipinski definition) is 0. The molecular formula is C36H54O5. The number of ether oxygens (including phenoxy) is 3. The van der Waals surface area contributed by atoms with Gasteiger partial charge in [0.2, 0.25) is 0 Å². The molecule has 41 heavy (non-hydrogen) atoms. The fourth-order valence-electron chi connectivity index (χ4n) is 4.59. The summed E-state index contributed by atoms with van der Waals surface area (Å²) in [6.45, 7) is 7.46. The third kappa shape index (κ3) is 15.7. The van der Waals surface area contributed by atoms with Crippen molar-refractivity contribution in [1.29, 1.82) is 0 Å². The molecule has 228 valence electrons. The molecule has 0 N–H and O–H groups in total. The Bertz CT molecular complexity index is 951. The van der Waals surface area contributed by atoms with Gasteiger partial charge in [0.25, 0.3) is 0 Å². The molecule has 0 saturated carbocycles. The van der Waals surface area contributed by atoms with Crippen LogP contribution in [0.2, 0.25) is 0 Å². The van der Waals surface area contributed by atoms with Gasteiger partial charge < -0.3 is 14.2 Å². The number of carbonyl (C=O) groups is 2. The van der Waals surface area contributed by atoms with E-state index in [1.165, 1.54) is 89.9 Å². The first-order chi connectivity index (χ1) is 20.0. The molecule has 0 aliphatic carbocycles. The van der Waals surface area contributed by atoms with Crippen LogP contribution in [0.3, 0.4) is 0 Å². The van der Waals surface area contributed by atoms with Gasteiger partial charge >= 0.3 is 11.9 Å². The van der Waals surface area contributed by atoms with E-state index in [2.05, 4.69) is 13.8 Å². The minimum atomic E-state index is -0.453. The normalized spacial score (nSPS) is 11.7. The minimum Gasteiger partial charge on any atom is -0.494 e. The van der Waals surface area contributed by atoms with Crippen molar-refractivity contribution >= 4 is 11.9 Å². The van der Waals surface area contributed by atoms with Gasteiger partial charge in [0.05, 0.1) is 24.3 Å². The largest absolute Gasteiger partial charge is 0.494 e.